The summed E-state index contributed by atoms with van der Waals surface area (Å²) >= 11 is 0. The lowest BCUT2D eigenvalue weighted by Crippen LogP contribution is -2.17. The van der Waals surface area contributed by atoms with Gasteiger partial charge in [0.15, 0.2) is 0 Å². The molecule has 0 aliphatic rings. The van der Waals surface area contributed by atoms with E-state index in [9.17, 15) is 5.11 Å². The summed E-state index contributed by atoms with van der Waals surface area (Å²) < 4.78 is 0. The number of unbranched alkanes of at least 4 members (excludes halogenated alkanes) is 12. The van der Waals surface area contributed by atoms with Crippen molar-refractivity contribution in [3.05, 3.63) is 0 Å². The van der Waals surface area contributed by atoms with Crippen molar-refractivity contribution in [1.82, 2.24) is 0 Å². The van der Waals surface area contributed by atoms with E-state index in [1.165, 1.54) is 83.5 Å². The molecule has 0 amide bonds. The number of aliphatic hydroxyl groups excluding tert-OH is 1. The molecule has 0 spiro atoms. The van der Waals surface area contributed by atoms with E-state index >= 15 is 0 Å². The molecule has 0 aliphatic carbocycles. The van der Waals surface area contributed by atoms with Crippen LogP contribution in [0.5, 0.6) is 0 Å². The van der Waals surface area contributed by atoms with Gasteiger partial charge in [0, 0.05) is 5.71 Å². The number of rotatable bonds is 17. The highest BCUT2D eigenvalue weighted by atomic mass is 16.3. The molecule has 3 nitrogen and oxygen atoms in total. The van der Waals surface area contributed by atoms with Crippen LogP contribution in [0, 0.1) is 0 Å². The minimum atomic E-state index is -0.115. The van der Waals surface area contributed by atoms with Gasteiger partial charge in [-0.2, -0.15) is 0 Å². The van der Waals surface area contributed by atoms with E-state index in [0.717, 1.165) is 18.6 Å². The van der Waals surface area contributed by atoms with Gasteiger partial charge in [-0.1, -0.05) is 77.0 Å². The van der Waals surface area contributed by atoms with Crippen LogP contribution in [0.2, 0.25) is 0 Å². The molecule has 3 N–H and O–H groups in total. The minimum absolute atomic E-state index is 0.0158. The average molecular weight is 341 g/mol. The Kier molecular flexibility index (Phi) is 17.1. The monoisotopic (exact) mass is 340 g/mol. The molecule has 0 aromatic rings. The molecule has 0 fully saturated rings. The van der Waals surface area contributed by atoms with Gasteiger partial charge in [-0.3, -0.25) is 4.99 Å². The van der Waals surface area contributed by atoms with Crippen molar-refractivity contribution in [3.8, 4) is 0 Å². The van der Waals surface area contributed by atoms with Crippen molar-refractivity contribution in [3.63, 3.8) is 0 Å². The molecule has 24 heavy (non-hydrogen) atoms. The zero-order valence-electron chi connectivity index (χ0n) is 16.7. The Morgan fingerprint density at radius 3 is 1.38 bits per heavy atom. The summed E-state index contributed by atoms with van der Waals surface area (Å²) in [6, 6.07) is 0. The predicted molar refractivity (Wildman–Crippen MR) is 108 cm³/mol. The maximum absolute atomic E-state index is 9.19. The summed E-state index contributed by atoms with van der Waals surface area (Å²) in [6.07, 6.45) is 19.3. The zero-order chi connectivity index (χ0) is 18.0. The van der Waals surface area contributed by atoms with E-state index in [1.54, 1.807) is 0 Å². The summed E-state index contributed by atoms with van der Waals surface area (Å²) in [4.78, 5) is 4.37. The Morgan fingerprint density at radius 1 is 0.708 bits per heavy atom. The van der Waals surface area contributed by atoms with Gasteiger partial charge in [0.2, 0.25) is 0 Å². The summed E-state index contributed by atoms with van der Waals surface area (Å²) in [7, 11) is 0. The van der Waals surface area contributed by atoms with Crippen LogP contribution in [0.1, 0.15) is 117 Å². The van der Waals surface area contributed by atoms with Crippen LogP contribution >= 0.6 is 0 Å². The molecule has 0 bridgehead atoms. The van der Waals surface area contributed by atoms with Crippen LogP contribution in [-0.2, 0) is 0 Å². The van der Waals surface area contributed by atoms with Crippen LogP contribution in [0.25, 0.3) is 0 Å². The Hall–Kier alpha value is -0.410. The van der Waals surface area contributed by atoms with Gasteiger partial charge in [-0.25, -0.2) is 0 Å². The Balaban J connectivity index is 3.11. The van der Waals surface area contributed by atoms with E-state index in [4.69, 9.17) is 5.73 Å². The molecule has 0 aromatic carbocycles. The van der Waals surface area contributed by atoms with Gasteiger partial charge in [0.25, 0.3) is 0 Å². The van der Waals surface area contributed by atoms with Gasteiger partial charge < -0.3 is 10.8 Å². The SMILES string of the molecule is CC(C)=NC(N)CCCCCCCCCCCCCCCC(C)O. The molecule has 2 unspecified atom stereocenters. The minimum Gasteiger partial charge on any atom is -0.393 e. The van der Waals surface area contributed by atoms with Crippen molar-refractivity contribution >= 4 is 5.71 Å². The first-order valence-corrected chi connectivity index (χ1v) is 10.5. The van der Waals surface area contributed by atoms with Crippen molar-refractivity contribution < 1.29 is 5.11 Å². The fourth-order valence-corrected chi connectivity index (χ4v) is 3.13. The molecular weight excluding hydrogens is 296 g/mol. The highest BCUT2D eigenvalue weighted by molar-refractivity contribution is 5.79. The molecule has 0 heterocycles. The summed E-state index contributed by atoms with van der Waals surface area (Å²) in [5.41, 5.74) is 7.02. The first-order chi connectivity index (χ1) is 11.5. The fraction of sp³-hybridized carbons (Fsp3) is 0.952. The Labute approximate surface area is 151 Å². The average Bonchev–Trinajstić information content (AvgIpc) is 2.50. The Bertz CT molecular complexity index is 286. The number of hydrogen-bond donors (Lipinski definition) is 2. The molecule has 144 valence electrons. The maximum Gasteiger partial charge on any atom is 0.0968 e. The van der Waals surface area contributed by atoms with E-state index in [-0.39, 0.29) is 12.3 Å². The lowest BCUT2D eigenvalue weighted by molar-refractivity contribution is 0.180. The molecule has 0 aliphatic heterocycles. The third kappa shape index (κ3) is 19.6. The summed E-state index contributed by atoms with van der Waals surface area (Å²) in [5.74, 6) is 0. The van der Waals surface area contributed by atoms with E-state index in [2.05, 4.69) is 4.99 Å². The number of aliphatic imine (C=N–C) groups is 1. The number of hydrogen-bond acceptors (Lipinski definition) is 3. The molecule has 0 aromatic heterocycles. The number of nitrogens with zero attached hydrogens (tertiary/aromatic N) is 1. The van der Waals surface area contributed by atoms with Gasteiger partial charge in [-0.15, -0.1) is 0 Å². The molecule has 0 radical (unpaired) electrons. The quantitative estimate of drug-likeness (QED) is 0.252. The highest BCUT2D eigenvalue weighted by Gasteiger charge is 1.99. The number of aliphatic hydroxyl groups is 1. The fourth-order valence-electron chi connectivity index (χ4n) is 3.13. The molecule has 2 atom stereocenters. The molecule has 0 saturated carbocycles. The second-order valence-electron chi connectivity index (χ2n) is 7.67. The van der Waals surface area contributed by atoms with Gasteiger partial charge >= 0.3 is 0 Å². The van der Waals surface area contributed by atoms with Crippen LogP contribution < -0.4 is 5.73 Å². The molecular formula is C21H44N2O. The van der Waals surface area contributed by atoms with Crippen LogP contribution in [0.4, 0.5) is 0 Å². The normalized spacial score (nSPS) is 13.7. The van der Waals surface area contributed by atoms with E-state index in [0.29, 0.717) is 0 Å². The third-order valence-corrected chi connectivity index (χ3v) is 4.55. The first kappa shape index (κ1) is 23.6. The van der Waals surface area contributed by atoms with Gasteiger partial charge in [-0.05, 0) is 40.0 Å². The van der Waals surface area contributed by atoms with Crippen LogP contribution in [-0.4, -0.2) is 23.1 Å². The number of nitrogens with two attached hydrogens (primary N) is 1. The highest BCUT2D eigenvalue weighted by Crippen LogP contribution is 2.14. The topological polar surface area (TPSA) is 58.6 Å². The predicted octanol–water partition coefficient (Wildman–Crippen LogP) is 5.98. The lowest BCUT2D eigenvalue weighted by Gasteiger charge is -2.07. The van der Waals surface area contributed by atoms with Crippen LogP contribution in [0.15, 0.2) is 4.99 Å². The second-order valence-corrected chi connectivity index (χ2v) is 7.67. The first-order valence-electron chi connectivity index (χ1n) is 10.5. The van der Waals surface area contributed by atoms with E-state index < -0.39 is 0 Å². The van der Waals surface area contributed by atoms with Crippen molar-refractivity contribution in [2.24, 2.45) is 10.7 Å². The molecule has 0 saturated heterocycles. The lowest BCUT2D eigenvalue weighted by atomic mass is 10.0. The van der Waals surface area contributed by atoms with E-state index in [1.807, 2.05) is 20.8 Å². The smallest absolute Gasteiger partial charge is 0.0968 e. The molecule has 3 heteroatoms. The van der Waals surface area contributed by atoms with Gasteiger partial charge in [0.1, 0.15) is 0 Å². The Morgan fingerprint density at radius 2 is 1.04 bits per heavy atom. The van der Waals surface area contributed by atoms with Gasteiger partial charge in [0.05, 0.1) is 12.3 Å². The summed E-state index contributed by atoms with van der Waals surface area (Å²) in [6.45, 7) is 5.91. The largest absolute Gasteiger partial charge is 0.393 e. The maximum atomic E-state index is 9.19. The summed E-state index contributed by atoms with van der Waals surface area (Å²) in [5, 5.41) is 9.19. The van der Waals surface area contributed by atoms with Crippen molar-refractivity contribution in [2.75, 3.05) is 0 Å². The van der Waals surface area contributed by atoms with Crippen LogP contribution in [0.3, 0.4) is 0 Å². The second kappa shape index (κ2) is 17.4. The standard InChI is InChI=1S/C21H44N2O/c1-19(2)23-21(22)18-16-14-12-10-8-6-4-5-7-9-11-13-15-17-20(3)24/h20-21,24H,4-18,22H2,1-3H3. The van der Waals surface area contributed by atoms with Crippen molar-refractivity contribution in [2.45, 2.75) is 129 Å². The van der Waals surface area contributed by atoms with Crippen molar-refractivity contribution in [1.29, 1.82) is 0 Å². The third-order valence-electron chi connectivity index (χ3n) is 4.55. The molecule has 0 rings (SSSR count). The zero-order valence-corrected chi connectivity index (χ0v) is 16.7.